The number of rotatable bonds is 4. The van der Waals surface area contributed by atoms with Crippen LogP contribution in [-0.4, -0.2) is 15.2 Å². The van der Waals surface area contributed by atoms with Crippen LogP contribution in [0.2, 0.25) is 13.1 Å². The number of allylic oxidation sites excluding steroid dienone is 4. The Morgan fingerprint density at radius 2 is 1.62 bits per heavy atom. The molecule has 0 bridgehead atoms. The van der Waals surface area contributed by atoms with Crippen molar-refractivity contribution in [1.29, 1.82) is 0 Å². The van der Waals surface area contributed by atoms with Gasteiger partial charge in [0.05, 0.1) is 7.11 Å². The highest BCUT2D eigenvalue weighted by Crippen LogP contribution is 2.37. The third kappa shape index (κ3) is 3.31. The van der Waals surface area contributed by atoms with Gasteiger partial charge in [0, 0.05) is 0 Å². The van der Waals surface area contributed by atoms with Gasteiger partial charge in [-0.25, -0.2) is 0 Å². The number of para-hydroxylation sites is 1. The van der Waals surface area contributed by atoms with Crippen molar-refractivity contribution < 1.29 is 4.74 Å². The average molecular weight is 363 g/mol. The third-order valence-corrected chi connectivity index (χ3v) is 9.19. The number of hydrogen-bond acceptors (Lipinski definition) is 1. The molecular formula is C24H30OSi. The first-order chi connectivity index (χ1) is 12.3. The molecule has 0 spiro atoms. The van der Waals surface area contributed by atoms with Crippen LogP contribution >= 0.6 is 0 Å². The zero-order valence-corrected chi connectivity index (χ0v) is 17.9. The molecule has 2 heteroatoms. The Morgan fingerprint density at radius 3 is 2.23 bits per heavy atom. The van der Waals surface area contributed by atoms with E-state index in [9.17, 15) is 0 Å². The van der Waals surface area contributed by atoms with Gasteiger partial charge in [0.1, 0.15) is 13.8 Å². The first-order valence-electron chi connectivity index (χ1n) is 9.40. The lowest BCUT2D eigenvalue weighted by atomic mass is 9.86. The molecule has 0 aromatic heterocycles. The molecule has 136 valence electrons. The van der Waals surface area contributed by atoms with Crippen molar-refractivity contribution in [2.45, 2.75) is 45.7 Å². The molecule has 1 aliphatic carbocycles. The highest BCUT2D eigenvalue weighted by Gasteiger charge is 2.36. The molecule has 1 nitrogen and oxygen atoms in total. The van der Waals surface area contributed by atoms with Crippen LogP contribution in [0.5, 0.6) is 5.75 Å². The van der Waals surface area contributed by atoms with E-state index in [1.165, 1.54) is 21.9 Å². The number of methoxy groups -OCH3 is 1. The van der Waals surface area contributed by atoms with Crippen LogP contribution in [0.15, 0.2) is 65.9 Å². The fraction of sp³-hybridized carbons (Fsp3) is 0.333. The van der Waals surface area contributed by atoms with Crippen molar-refractivity contribution in [3.05, 3.63) is 77.0 Å². The average Bonchev–Trinajstić information content (AvgIpc) is 3.11. The summed E-state index contributed by atoms with van der Waals surface area (Å²) < 4.78 is 5.98. The van der Waals surface area contributed by atoms with Gasteiger partial charge >= 0.3 is 0 Å². The summed E-state index contributed by atoms with van der Waals surface area (Å²) in [5.41, 5.74) is 4.09. The quantitative estimate of drug-likeness (QED) is 0.619. The molecule has 2 aromatic carbocycles. The van der Waals surface area contributed by atoms with Crippen molar-refractivity contribution in [1.82, 2.24) is 0 Å². The SMILES string of the molecule is COc1c(C(C)(C)C)cccc1[Si](C)(C)C1=C(c2ccccc2)C=CC1. The molecule has 0 fully saturated rings. The van der Waals surface area contributed by atoms with Crippen LogP contribution in [0.3, 0.4) is 0 Å². The lowest BCUT2D eigenvalue weighted by Crippen LogP contribution is -2.45. The topological polar surface area (TPSA) is 9.23 Å². The molecule has 1 aliphatic rings. The van der Waals surface area contributed by atoms with Crippen molar-refractivity contribution in [3.63, 3.8) is 0 Å². The molecule has 26 heavy (non-hydrogen) atoms. The molecule has 0 heterocycles. The van der Waals surface area contributed by atoms with Crippen LogP contribution in [0.25, 0.3) is 5.57 Å². The van der Waals surface area contributed by atoms with Gasteiger partial charge in [-0.1, -0.05) is 99.7 Å². The molecular weight excluding hydrogens is 332 g/mol. The van der Waals surface area contributed by atoms with Crippen molar-refractivity contribution >= 4 is 18.8 Å². The van der Waals surface area contributed by atoms with Crippen molar-refractivity contribution in [3.8, 4) is 5.75 Å². The van der Waals surface area contributed by atoms with E-state index < -0.39 is 8.07 Å². The van der Waals surface area contributed by atoms with E-state index >= 15 is 0 Å². The summed E-state index contributed by atoms with van der Waals surface area (Å²) in [4.78, 5) is 0. The molecule has 0 saturated carbocycles. The first kappa shape index (κ1) is 18.7. The number of ether oxygens (including phenoxy) is 1. The van der Waals surface area contributed by atoms with Gasteiger partial charge < -0.3 is 4.74 Å². The Morgan fingerprint density at radius 1 is 0.923 bits per heavy atom. The van der Waals surface area contributed by atoms with E-state index in [0.29, 0.717) is 0 Å². The Labute approximate surface area is 159 Å². The van der Waals surface area contributed by atoms with Gasteiger partial charge in [0.15, 0.2) is 0 Å². The van der Waals surface area contributed by atoms with Gasteiger partial charge in [0.25, 0.3) is 0 Å². The smallest absolute Gasteiger partial charge is 0.122 e. The van der Waals surface area contributed by atoms with Crippen LogP contribution in [-0.2, 0) is 5.41 Å². The summed E-state index contributed by atoms with van der Waals surface area (Å²) in [6.07, 6.45) is 5.67. The summed E-state index contributed by atoms with van der Waals surface area (Å²) in [6, 6.07) is 17.5. The minimum Gasteiger partial charge on any atom is -0.497 e. The van der Waals surface area contributed by atoms with Crippen LogP contribution in [0.1, 0.15) is 38.3 Å². The Bertz CT molecular complexity index is 852. The van der Waals surface area contributed by atoms with E-state index in [-0.39, 0.29) is 5.41 Å². The maximum atomic E-state index is 5.98. The standard InChI is InChI=1S/C24H30OSi/c1-24(2,3)20-15-11-17-22(23(20)25-4)26(5,6)21-16-10-14-19(21)18-12-8-7-9-13-18/h7-15,17H,16H2,1-6H3. The number of benzene rings is 2. The molecule has 0 N–H and O–H groups in total. The summed E-state index contributed by atoms with van der Waals surface area (Å²) >= 11 is 0. The molecule has 0 unspecified atom stereocenters. The van der Waals surface area contributed by atoms with Gasteiger partial charge in [-0.05, 0) is 33.7 Å². The monoisotopic (exact) mass is 362 g/mol. The molecule has 0 radical (unpaired) electrons. The lowest BCUT2D eigenvalue weighted by molar-refractivity contribution is 0.400. The molecule has 2 aromatic rings. The zero-order chi connectivity index (χ0) is 18.9. The van der Waals surface area contributed by atoms with E-state index in [1.807, 2.05) is 7.11 Å². The Balaban J connectivity index is 2.18. The van der Waals surface area contributed by atoms with Crippen LogP contribution in [0, 0.1) is 0 Å². The van der Waals surface area contributed by atoms with Crippen molar-refractivity contribution in [2.75, 3.05) is 7.11 Å². The van der Waals surface area contributed by atoms with Gasteiger partial charge in [-0.2, -0.15) is 0 Å². The van der Waals surface area contributed by atoms with Crippen LogP contribution in [0.4, 0.5) is 0 Å². The fourth-order valence-corrected chi connectivity index (χ4v) is 7.16. The highest BCUT2D eigenvalue weighted by atomic mass is 28.3. The second-order valence-electron chi connectivity index (χ2n) is 8.63. The minimum absolute atomic E-state index is 0.0659. The summed E-state index contributed by atoms with van der Waals surface area (Å²) in [6.45, 7) is 11.7. The maximum Gasteiger partial charge on any atom is 0.122 e. The van der Waals surface area contributed by atoms with Gasteiger partial charge in [-0.15, -0.1) is 0 Å². The fourth-order valence-electron chi connectivity index (χ4n) is 3.99. The summed E-state index contributed by atoms with van der Waals surface area (Å²) in [7, 11) is -0.0584. The van der Waals surface area contributed by atoms with E-state index in [4.69, 9.17) is 4.74 Å². The normalized spacial score (nSPS) is 14.8. The summed E-state index contributed by atoms with van der Waals surface area (Å²) in [5.74, 6) is 1.09. The zero-order valence-electron chi connectivity index (χ0n) is 16.9. The van der Waals surface area contributed by atoms with Crippen molar-refractivity contribution in [2.24, 2.45) is 0 Å². The predicted molar refractivity (Wildman–Crippen MR) is 116 cm³/mol. The third-order valence-electron chi connectivity index (χ3n) is 5.47. The van der Waals surface area contributed by atoms with Gasteiger partial charge in [0.2, 0.25) is 0 Å². The second-order valence-corrected chi connectivity index (χ2v) is 13.0. The molecule has 0 atom stereocenters. The van der Waals surface area contributed by atoms with Crippen LogP contribution < -0.4 is 9.92 Å². The van der Waals surface area contributed by atoms with E-state index in [2.05, 4.69) is 94.5 Å². The minimum atomic E-state index is -1.88. The molecule has 3 rings (SSSR count). The molecule has 0 saturated heterocycles. The Hall–Kier alpha value is -2.06. The predicted octanol–water partition coefficient (Wildman–Crippen LogP) is 5.86. The molecule has 0 aliphatic heterocycles. The van der Waals surface area contributed by atoms with E-state index in [0.717, 1.165) is 12.2 Å². The second kappa shape index (κ2) is 6.92. The Kier molecular flexibility index (Phi) is 4.98. The van der Waals surface area contributed by atoms with Gasteiger partial charge in [-0.3, -0.25) is 0 Å². The largest absolute Gasteiger partial charge is 0.497 e. The molecule has 0 amide bonds. The van der Waals surface area contributed by atoms with E-state index in [1.54, 1.807) is 5.20 Å². The lowest BCUT2D eigenvalue weighted by Gasteiger charge is -2.32. The number of hydrogen-bond donors (Lipinski definition) is 0. The highest BCUT2D eigenvalue weighted by molar-refractivity contribution is 6.97. The maximum absolute atomic E-state index is 5.98. The first-order valence-corrected chi connectivity index (χ1v) is 12.4. The summed E-state index contributed by atoms with van der Waals surface area (Å²) in [5, 5.41) is 2.99.